The molecule has 0 saturated heterocycles. The van der Waals surface area contributed by atoms with Crippen molar-refractivity contribution in [3.8, 4) is 33.4 Å². The van der Waals surface area contributed by atoms with E-state index in [0.717, 1.165) is 24.7 Å². The van der Waals surface area contributed by atoms with Crippen LogP contribution in [-0.2, 0) is 52.3 Å². The second-order valence-corrected chi connectivity index (χ2v) is 22.9. The van der Waals surface area contributed by atoms with Crippen LogP contribution in [0.5, 0.6) is 0 Å². The smallest absolute Gasteiger partial charge is 0.109 e. The Morgan fingerprint density at radius 1 is 0.589 bits per heavy atom. The van der Waals surface area contributed by atoms with Gasteiger partial charge in [0.25, 0.3) is 0 Å². The normalized spacial score (nSPS) is 13.6. The van der Waals surface area contributed by atoms with Crippen molar-refractivity contribution in [3.05, 3.63) is 130 Å². The number of hydrogen-bond acceptors (Lipinski definition) is 0. The second kappa shape index (κ2) is 18.4. The van der Waals surface area contributed by atoms with Gasteiger partial charge in [-0.15, -0.1) is 35.2 Å². The first kappa shape index (κ1) is 45.8. The van der Waals surface area contributed by atoms with Gasteiger partial charge in [-0.1, -0.05) is 160 Å². The molecule has 0 saturated carbocycles. The van der Waals surface area contributed by atoms with Gasteiger partial charge in [0.15, 0.2) is 0 Å². The van der Waals surface area contributed by atoms with Crippen molar-refractivity contribution in [2.75, 3.05) is 0 Å². The molecule has 0 heterocycles. The number of fused-ring (bicyclic) bond motifs is 3. The molecular formula is C55H72Zr. The van der Waals surface area contributed by atoms with Crippen molar-refractivity contribution in [1.29, 1.82) is 0 Å². The summed E-state index contributed by atoms with van der Waals surface area (Å²) in [5, 5.41) is 0. The Morgan fingerprint density at radius 2 is 1.07 bits per heavy atom. The Balaban J connectivity index is 0.000000389. The van der Waals surface area contributed by atoms with Gasteiger partial charge in [-0.05, 0) is 61.5 Å². The topological polar surface area (TPSA) is 0 Å². The average Bonchev–Trinajstić information content (AvgIpc) is 3.77. The van der Waals surface area contributed by atoms with E-state index in [4.69, 9.17) is 0 Å². The minimum absolute atomic E-state index is 0.00785. The second-order valence-electron chi connectivity index (χ2n) is 21.1. The third-order valence-electron chi connectivity index (χ3n) is 10.7. The molecule has 0 atom stereocenters. The molecule has 6 rings (SSSR count). The van der Waals surface area contributed by atoms with E-state index >= 15 is 0 Å². The van der Waals surface area contributed by atoms with Crippen LogP contribution in [0.2, 0.25) is 0 Å². The van der Waals surface area contributed by atoms with Gasteiger partial charge in [0, 0.05) is 0 Å². The molecule has 296 valence electrons. The first-order chi connectivity index (χ1) is 25.9. The Morgan fingerprint density at radius 3 is 1.46 bits per heavy atom. The Labute approximate surface area is 359 Å². The van der Waals surface area contributed by atoms with Crippen molar-refractivity contribution < 1.29 is 24.2 Å². The molecule has 0 N–H and O–H groups in total. The van der Waals surface area contributed by atoms with Gasteiger partial charge in [-0.2, -0.15) is 6.08 Å². The zero-order chi connectivity index (χ0) is 41.8. The fourth-order valence-electron chi connectivity index (χ4n) is 7.58. The molecule has 0 aliphatic heterocycles. The predicted octanol–water partition coefficient (Wildman–Crippen LogP) is 15.7. The Kier molecular flexibility index (Phi) is 15.0. The van der Waals surface area contributed by atoms with Crippen molar-refractivity contribution in [2.24, 2.45) is 11.8 Å². The van der Waals surface area contributed by atoms with Crippen molar-refractivity contribution in [3.63, 3.8) is 0 Å². The maximum atomic E-state index is 3.96. The predicted molar refractivity (Wildman–Crippen MR) is 245 cm³/mol. The van der Waals surface area contributed by atoms with Crippen LogP contribution in [0.15, 0.2) is 85.0 Å². The summed E-state index contributed by atoms with van der Waals surface area (Å²) in [7, 11) is 0. The maximum absolute atomic E-state index is 3.96. The summed E-state index contributed by atoms with van der Waals surface area (Å²) in [5.41, 5.74) is 16.5. The third-order valence-corrected chi connectivity index (χ3v) is 11.7. The van der Waals surface area contributed by atoms with E-state index in [0.29, 0.717) is 0 Å². The molecule has 0 nitrogen and oxygen atoms in total. The molecule has 2 aliphatic carbocycles. The molecule has 0 bridgehead atoms. The van der Waals surface area contributed by atoms with E-state index in [1.807, 2.05) is 12.2 Å². The number of hydrogen-bond donors (Lipinski definition) is 0. The SMILES string of the molecule is CC(C)(C)c1ccc(-c2[c-]c3c(cc2C(C)(C)C)-c2cc(C(C)(C)C)c(-c4ccc(C(C)(C)C)cc4)cc2C3)cc1.CC(C)C[C](=[Zr+2])CC(C)C.[C-]1=CC=CC1. The summed E-state index contributed by atoms with van der Waals surface area (Å²) in [5.74, 6) is 1.71. The van der Waals surface area contributed by atoms with Crippen LogP contribution in [0, 0.1) is 24.0 Å². The summed E-state index contributed by atoms with van der Waals surface area (Å²) >= 11 is 1.65. The van der Waals surface area contributed by atoms with Gasteiger partial charge in [0.05, 0.1) is 0 Å². The molecule has 1 heteroatoms. The van der Waals surface area contributed by atoms with Gasteiger partial charge >= 0.3 is 79.8 Å². The van der Waals surface area contributed by atoms with E-state index < -0.39 is 0 Å². The molecule has 0 spiro atoms. The monoisotopic (exact) mass is 822 g/mol. The van der Waals surface area contributed by atoms with Crippen LogP contribution in [-0.4, -0.2) is 3.21 Å². The van der Waals surface area contributed by atoms with Crippen molar-refractivity contribution in [2.45, 2.75) is 158 Å². The Hall–Kier alpha value is -2.89. The first-order valence-corrected chi connectivity index (χ1v) is 22.4. The minimum atomic E-state index is 0.00785. The van der Waals surface area contributed by atoms with Gasteiger partial charge in [-0.3, -0.25) is 6.08 Å². The van der Waals surface area contributed by atoms with E-state index in [1.165, 1.54) is 79.6 Å². The minimum Gasteiger partial charge on any atom is -0.273 e. The molecule has 0 aromatic heterocycles. The largest absolute Gasteiger partial charge is 0.273 e. The van der Waals surface area contributed by atoms with Gasteiger partial charge in [-0.25, -0.2) is 12.2 Å². The van der Waals surface area contributed by atoms with E-state index in [-0.39, 0.29) is 21.7 Å². The molecule has 0 radical (unpaired) electrons. The molecule has 0 amide bonds. The fraction of sp³-hybridized carbons (Fsp3) is 0.473. The number of rotatable bonds is 6. The first-order valence-electron chi connectivity index (χ1n) is 21.1. The van der Waals surface area contributed by atoms with Crippen LogP contribution >= 0.6 is 0 Å². The van der Waals surface area contributed by atoms with Crippen LogP contribution in [0.3, 0.4) is 0 Å². The van der Waals surface area contributed by atoms with E-state index in [2.05, 4.69) is 196 Å². The maximum Gasteiger partial charge on any atom is -0.109 e. The van der Waals surface area contributed by atoms with E-state index in [1.54, 1.807) is 27.4 Å². The van der Waals surface area contributed by atoms with Gasteiger partial charge < -0.3 is 0 Å². The Bertz CT molecular complexity index is 1850. The standard InChI is InChI=1S/C41H49.C9H18.C5H5.Zr/c1-38(2,3)30-17-13-26(14-18-30)34-22-28-21-29-23-35(27-15-19-31(20-16-27)39(4,5)6)37(41(10,11)12)25-33(29)32(28)24-36(34)40(7,8)9;1-8(2)6-5-7-9(3)4;1-2-4-5-3-1;/h13-20,22,24-25H,21H2,1-12H3;8-9H,6-7H2,1-4H3;1-3H,4H2;/q-1;;-1;+2. The van der Waals surface area contributed by atoms with Crippen molar-refractivity contribution >= 4 is 3.21 Å². The van der Waals surface area contributed by atoms with Crippen LogP contribution in [0.1, 0.15) is 163 Å². The summed E-state index contributed by atoms with van der Waals surface area (Å²) in [6.07, 6.45) is 13.6. The molecule has 0 unspecified atom stereocenters. The molecule has 4 aromatic rings. The third kappa shape index (κ3) is 12.3. The van der Waals surface area contributed by atoms with E-state index in [9.17, 15) is 0 Å². The number of allylic oxidation sites excluding steroid dienone is 4. The summed E-state index contributed by atoms with van der Waals surface area (Å²) < 4.78 is 1.75. The zero-order valence-corrected chi connectivity index (χ0v) is 40.5. The van der Waals surface area contributed by atoms with Crippen molar-refractivity contribution in [1.82, 2.24) is 0 Å². The molecule has 4 aromatic carbocycles. The quantitative estimate of drug-likeness (QED) is 0.150. The van der Waals surface area contributed by atoms with Crippen LogP contribution < -0.4 is 0 Å². The molecule has 0 fully saturated rings. The fourth-order valence-corrected chi connectivity index (χ4v) is 9.58. The van der Waals surface area contributed by atoms with Crippen LogP contribution in [0.4, 0.5) is 0 Å². The van der Waals surface area contributed by atoms with Crippen LogP contribution in [0.25, 0.3) is 33.4 Å². The molecule has 2 aliphatic rings. The summed E-state index contributed by atoms with van der Waals surface area (Å²) in [6.45, 7) is 36.9. The van der Waals surface area contributed by atoms with Gasteiger partial charge in [0.2, 0.25) is 0 Å². The average molecular weight is 824 g/mol. The molecular weight excluding hydrogens is 752 g/mol. The molecule has 56 heavy (non-hydrogen) atoms. The number of benzene rings is 4. The van der Waals surface area contributed by atoms with Gasteiger partial charge in [0.1, 0.15) is 0 Å². The zero-order valence-electron chi connectivity index (χ0n) is 38.1. The summed E-state index contributed by atoms with van der Waals surface area (Å²) in [6, 6.07) is 29.9. The summed E-state index contributed by atoms with van der Waals surface area (Å²) in [4.78, 5) is 0.